The standard InChI is InChI=1S/C16H15IN4O2S/c1-10-8-11(17)5-6-12(10)18-14(22)9-24-16-20-19-15(21(16)2)13-4-3-7-23-13/h3-8H,9H2,1-2H3,(H,18,22). The van der Waals surface area contributed by atoms with Crippen molar-refractivity contribution in [3.8, 4) is 11.6 Å². The summed E-state index contributed by atoms with van der Waals surface area (Å²) in [5.74, 6) is 1.47. The molecule has 1 amide bonds. The molecule has 0 unspecified atom stereocenters. The Kier molecular flexibility index (Phi) is 5.24. The molecule has 24 heavy (non-hydrogen) atoms. The van der Waals surface area contributed by atoms with E-state index >= 15 is 0 Å². The summed E-state index contributed by atoms with van der Waals surface area (Å²) in [4.78, 5) is 12.2. The number of benzene rings is 1. The summed E-state index contributed by atoms with van der Waals surface area (Å²) in [7, 11) is 1.85. The third kappa shape index (κ3) is 3.81. The van der Waals surface area contributed by atoms with Gasteiger partial charge in [0.2, 0.25) is 5.91 Å². The maximum atomic E-state index is 12.2. The molecule has 1 aromatic carbocycles. The topological polar surface area (TPSA) is 73.0 Å². The van der Waals surface area contributed by atoms with E-state index in [1.807, 2.05) is 42.8 Å². The van der Waals surface area contributed by atoms with Gasteiger partial charge in [0.05, 0.1) is 12.0 Å². The van der Waals surface area contributed by atoms with Crippen LogP contribution >= 0.6 is 34.4 Å². The fourth-order valence-electron chi connectivity index (χ4n) is 2.14. The highest BCUT2D eigenvalue weighted by molar-refractivity contribution is 14.1. The fourth-order valence-corrected chi connectivity index (χ4v) is 3.50. The number of anilines is 1. The lowest BCUT2D eigenvalue weighted by Gasteiger charge is -2.08. The van der Waals surface area contributed by atoms with Gasteiger partial charge in [-0.1, -0.05) is 11.8 Å². The highest BCUT2D eigenvalue weighted by atomic mass is 127. The molecule has 0 aliphatic heterocycles. The Morgan fingerprint density at radius 1 is 1.38 bits per heavy atom. The molecule has 2 heterocycles. The van der Waals surface area contributed by atoms with E-state index in [-0.39, 0.29) is 11.7 Å². The zero-order valence-electron chi connectivity index (χ0n) is 13.1. The number of carbonyl (C=O) groups is 1. The Bertz CT molecular complexity index is 861. The molecule has 1 N–H and O–H groups in total. The van der Waals surface area contributed by atoms with E-state index < -0.39 is 0 Å². The number of aryl methyl sites for hydroxylation is 1. The zero-order chi connectivity index (χ0) is 17.1. The van der Waals surface area contributed by atoms with Gasteiger partial charge in [0.25, 0.3) is 0 Å². The van der Waals surface area contributed by atoms with Crippen LogP contribution in [-0.4, -0.2) is 26.4 Å². The van der Waals surface area contributed by atoms with Gasteiger partial charge in [0.1, 0.15) is 0 Å². The second kappa shape index (κ2) is 7.39. The van der Waals surface area contributed by atoms with E-state index in [1.165, 1.54) is 11.8 Å². The predicted molar refractivity (Wildman–Crippen MR) is 102 cm³/mol. The molecule has 0 radical (unpaired) electrons. The predicted octanol–water partition coefficient (Wildman–Crippen LogP) is 3.72. The van der Waals surface area contributed by atoms with Crippen molar-refractivity contribution in [2.45, 2.75) is 12.1 Å². The maximum Gasteiger partial charge on any atom is 0.234 e. The van der Waals surface area contributed by atoms with Gasteiger partial charge in [-0.25, -0.2) is 0 Å². The molecule has 8 heteroatoms. The molecule has 0 fully saturated rings. The number of thioether (sulfide) groups is 1. The number of halogens is 1. The van der Waals surface area contributed by atoms with E-state index in [0.29, 0.717) is 16.7 Å². The first kappa shape index (κ1) is 17.0. The minimum Gasteiger partial charge on any atom is -0.461 e. The minimum atomic E-state index is -0.0770. The molecule has 0 saturated carbocycles. The normalized spacial score (nSPS) is 10.8. The Labute approximate surface area is 157 Å². The van der Waals surface area contributed by atoms with Crippen LogP contribution in [0, 0.1) is 10.5 Å². The highest BCUT2D eigenvalue weighted by Crippen LogP contribution is 2.23. The van der Waals surface area contributed by atoms with Gasteiger partial charge < -0.3 is 14.3 Å². The lowest BCUT2D eigenvalue weighted by molar-refractivity contribution is -0.113. The van der Waals surface area contributed by atoms with E-state index in [2.05, 4.69) is 38.1 Å². The highest BCUT2D eigenvalue weighted by Gasteiger charge is 2.14. The van der Waals surface area contributed by atoms with Crippen LogP contribution in [0.1, 0.15) is 5.56 Å². The van der Waals surface area contributed by atoms with Gasteiger partial charge in [0.15, 0.2) is 16.7 Å². The molecule has 0 spiro atoms. The largest absolute Gasteiger partial charge is 0.461 e. The number of furan rings is 1. The fraction of sp³-hybridized carbons (Fsp3) is 0.188. The van der Waals surface area contributed by atoms with Crippen LogP contribution in [0.25, 0.3) is 11.6 Å². The second-order valence-corrected chi connectivity index (χ2v) is 7.33. The van der Waals surface area contributed by atoms with Gasteiger partial charge in [-0.05, 0) is 65.4 Å². The van der Waals surface area contributed by atoms with Crippen LogP contribution < -0.4 is 5.32 Å². The summed E-state index contributed by atoms with van der Waals surface area (Å²) in [6.07, 6.45) is 1.59. The third-order valence-corrected chi connectivity index (χ3v) is 5.06. The Hall–Kier alpha value is -1.81. The van der Waals surface area contributed by atoms with Gasteiger partial charge >= 0.3 is 0 Å². The number of rotatable bonds is 5. The Morgan fingerprint density at radius 2 is 2.21 bits per heavy atom. The smallest absolute Gasteiger partial charge is 0.234 e. The number of carbonyl (C=O) groups excluding carboxylic acids is 1. The second-order valence-electron chi connectivity index (χ2n) is 5.14. The lowest BCUT2D eigenvalue weighted by atomic mass is 10.2. The van der Waals surface area contributed by atoms with E-state index in [1.54, 1.807) is 12.3 Å². The van der Waals surface area contributed by atoms with Crippen molar-refractivity contribution in [1.82, 2.24) is 14.8 Å². The number of nitrogens with zero attached hydrogens (tertiary/aromatic N) is 3. The first-order valence-electron chi connectivity index (χ1n) is 7.16. The van der Waals surface area contributed by atoms with E-state index in [0.717, 1.165) is 14.8 Å². The Balaban J connectivity index is 1.62. The van der Waals surface area contributed by atoms with Gasteiger partial charge in [-0.2, -0.15) is 0 Å². The van der Waals surface area contributed by atoms with Crippen LogP contribution in [0.2, 0.25) is 0 Å². The molecule has 0 bridgehead atoms. The molecule has 3 aromatic rings. The summed E-state index contributed by atoms with van der Waals surface area (Å²) in [5, 5.41) is 11.8. The van der Waals surface area contributed by atoms with Crippen molar-refractivity contribution in [1.29, 1.82) is 0 Å². The molecule has 6 nitrogen and oxygen atoms in total. The van der Waals surface area contributed by atoms with Crippen LogP contribution in [0.5, 0.6) is 0 Å². The summed E-state index contributed by atoms with van der Waals surface area (Å²) < 4.78 is 8.28. The zero-order valence-corrected chi connectivity index (χ0v) is 16.1. The van der Waals surface area contributed by atoms with Gasteiger partial charge in [-0.3, -0.25) is 4.79 Å². The van der Waals surface area contributed by atoms with Crippen molar-refractivity contribution in [2.75, 3.05) is 11.1 Å². The summed E-state index contributed by atoms with van der Waals surface area (Å²) in [5.41, 5.74) is 1.87. The van der Waals surface area contributed by atoms with Crippen LogP contribution in [0.4, 0.5) is 5.69 Å². The van der Waals surface area contributed by atoms with Gasteiger partial charge in [0, 0.05) is 16.3 Å². The SMILES string of the molecule is Cc1cc(I)ccc1NC(=O)CSc1nnc(-c2ccco2)n1C. The molecule has 2 aromatic heterocycles. The first-order valence-corrected chi connectivity index (χ1v) is 9.23. The van der Waals surface area contributed by atoms with E-state index in [4.69, 9.17) is 4.42 Å². The molecule has 0 saturated heterocycles. The Morgan fingerprint density at radius 3 is 2.92 bits per heavy atom. The number of aromatic nitrogens is 3. The van der Waals surface area contributed by atoms with Crippen molar-refractivity contribution >= 4 is 45.9 Å². The van der Waals surface area contributed by atoms with Crippen molar-refractivity contribution in [3.63, 3.8) is 0 Å². The van der Waals surface area contributed by atoms with Crippen LogP contribution in [-0.2, 0) is 11.8 Å². The van der Waals surface area contributed by atoms with Crippen LogP contribution in [0.15, 0.2) is 46.2 Å². The molecule has 0 aliphatic carbocycles. The molecular weight excluding hydrogens is 439 g/mol. The molecular formula is C16H15IN4O2S. The van der Waals surface area contributed by atoms with Gasteiger partial charge in [-0.15, -0.1) is 10.2 Å². The summed E-state index contributed by atoms with van der Waals surface area (Å²) in [6, 6.07) is 9.53. The average molecular weight is 454 g/mol. The monoisotopic (exact) mass is 454 g/mol. The number of hydrogen-bond acceptors (Lipinski definition) is 5. The maximum absolute atomic E-state index is 12.2. The summed E-state index contributed by atoms with van der Waals surface area (Å²) in [6.45, 7) is 1.98. The first-order chi connectivity index (χ1) is 11.5. The molecule has 0 atom stereocenters. The number of hydrogen-bond donors (Lipinski definition) is 1. The van der Waals surface area contributed by atoms with E-state index in [9.17, 15) is 4.79 Å². The molecule has 0 aliphatic rings. The number of amides is 1. The third-order valence-electron chi connectivity index (χ3n) is 3.37. The molecule has 3 rings (SSSR count). The van der Waals surface area contributed by atoms with Crippen molar-refractivity contribution < 1.29 is 9.21 Å². The number of nitrogens with one attached hydrogen (secondary N) is 1. The van der Waals surface area contributed by atoms with Crippen LogP contribution in [0.3, 0.4) is 0 Å². The quantitative estimate of drug-likeness (QED) is 0.470. The lowest BCUT2D eigenvalue weighted by Crippen LogP contribution is -2.15. The van der Waals surface area contributed by atoms with Crippen molar-refractivity contribution in [3.05, 3.63) is 45.7 Å². The minimum absolute atomic E-state index is 0.0770. The average Bonchev–Trinajstić information content (AvgIpc) is 3.18. The van der Waals surface area contributed by atoms with Crippen molar-refractivity contribution in [2.24, 2.45) is 7.05 Å². The summed E-state index contributed by atoms with van der Waals surface area (Å²) >= 11 is 3.58. The molecule has 124 valence electrons.